The molecule has 0 bridgehead atoms. The van der Waals surface area contributed by atoms with Crippen LogP contribution in [0.25, 0.3) is 0 Å². The summed E-state index contributed by atoms with van der Waals surface area (Å²) in [6, 6.07) is 4.20. The van der Waals surface area contributed by atoms with E-state index < -0.39 is 11.7 Å². The van der Waals surface area contributed by atoms with Crippen molar-refractivity contribution in [1.29, 1.82) is 0 Å². The monoisotopic (exact) mass is 253 g/mol. The zero-order valence-electron chi connectivity index (χ0n) is 11.1. The van der Waals surface area contributed by atoms with Crippen LogP contribution < -0.4 is 4.90 Å². The van der Waals surface area contributed by atoms with Gasteiger partial charge in [-0.15, -0.1) is 0 Å². The third kappa shape index (κ3) is 3.55. The maximum atomic E-state index is 11.9. The van der Waals surface area contributed by atoms with Crippen LogP contribution in [0.5, 0.6) is 11.5 Å². The Morgan fingerprint density at radius 2 is 1.89 bits per heavy atom. The lowest BCUT2D eigenvalue weighted by Crippen LogP contribution is -2.36. The molecule has 0 aliphatic heterocycles. The van der Waals surface area contributed by atoms with Crippen molar-refractivity contribution in [3.05, 3.63) is 18.2 Å². The summed E-state index contributed by atoms with van der Waals surface area (Å²) in [7, 11) is 0. The molecule has 0 heterocycles. The van der Waals surface area contributed by atoms with E-state index in [1.807, 2.05) is 0 Å². The Kier molecular flexibility index (Phi) is 4.06. The Balaban J connectivity index is 2.95. The van der Waals surface area contributed by atoms with Crippen molar-refractivity contribution in [2.75, 3.05) is 11.4 Å². The van der Waals surface area contributed by atoms with Crippen molar-refractivity contribution in [3.63, 3.8) is 0 Å². The number of phenolic OH excluding ortho intramolecular Hbond substituents is 2. The molecule has 0 aliphatic rings. The van der Waals surface area contributed by atoms with Crippen molar-refractivity contribution in [3.8, 4) is 11.5 Å². The third-order valence-electron chi connectivity index (χ3n) is 2.20. The second kappa shape index (κ2) is 5.16. The molecule has 0 fully saturated rings. The van der Waals surface area contributed by atoms with E-state index in [0.29, 0.717) is 12.2 Å². The number of benzene rings is 1. The van der Waals surface area contributed by atoms with Crippen molar-refractivity contribution >= 4 is 11.8 Å². The number of anilines is 1. The maximum absolute atomic E-state index is 11.9. The number of carbonyl (C=O) groups excluding carboxylic acids is 1. The van der Waals surface area contributed by atoms with Gasteiger partial charge in [-0.3, -0.25) is 4.90 Å². The number of hydrogen-bond donors (Lipinski definition) is 2. The van der Waals surface area contributed by atoms with Crippen LogP contribution in [0.2, 0.25) is 0 Å². The average molecular weight is 253 g/mol. The highest BCUT2D eigenvalue weighted by molar-refractivity contribution is 5.88. The van der Waals surface area contributed by atoms with Crippen LogP contribution in [-0.4, -0.2) is 28.5 Å². The molecule has 0 aliphatic carbocycles. The fourth-order valence-corrected chi connectivity index (χ4v) is 1.41. The first-order chi connectivity index (χ1) is 8.24. The molecule has 2 N–H and O–H groups in total. The molecule has 0 aromatic heterocycles. The largest absolute Gasteiger partial charge is 0.504 e. The summed E-state index contributed by atoms with van der Waals surface area (Å²) in [5.74, 6) is -0.492. The van der Waals surface area contributed by atoms with Crippen LogP contribution in [0.3, 0.4) is 0 Å². The van der Waals surface area contributed by atoms with Gasteiger partial charge in [0.25, 0.3) is 0 Å². The number of carbonyl (C=O) groups is 1. The standard InChI is InChI=1S/C13H19NO4/c1-5-14(12(17)18-13(2,3)4)9-6-7-10(15)11(16)8-9/h6-8,15-16H,5H2,1-4H3. The van der Waals surface area contributed by atoms with Gasteiger partial charge in [0.15, 0.2) is 11.5 Å². The molecule has 1 amide bonds. The first-order valence-electron chi connectivity index (χ1n) is 5.77. The number of nitrogens with zero attached hydrogens (tertiary/aromatic N) is 1. The number of rotatable bonds is 2. The van der Waals surface area contributed by atoms with Crippen LogP contribution >= 0.6 is 0 Å². The summed E-state index contributed by atoms with van der Waals surface area (Å²) in [5.41, 5.74) is -0.106. The van der Waals surface area contributed by atoms with E-state index in [1.165, 1.54) is 17.0 Å². The Morgan fingerprint density at radius 1 is 1.28 bits per heavy atom. The van der Waals surface area contributed by atoms with Gasteiger partial charge >= 0.3 is 6.09 Å². The molecule has 18 heavy (non-hydrogen) atoms. The minimum Gasteiger partial charge on any atom is -0.504 e. The first kappa shape index (κ1) is 14.2. The van der Waals surface area contributed by atoms with Gasteiger partial charge in [-0.05, 0) is 39.8 Å². The highest BCUT2D eigenvalue weighted by atomic mass is 16.6. The first-order valence-corrected chi connectivity index (χ1v) is 5.77. The Hall–Kier alpha value is -1.91. The fraction of sp³-hybridized carbons (Fsp3) is 0.462. The summed E-state index contributed by atoms with van der Waals surface area (Å²) < 4.78 is 5.26. The SMILES string of the molecule is CCN(C(=O)OC(C)(C)C)c1ccc(O)c(O)c1. The van der Waals surface area contributed by atoms with Crippen LogP contribution in [-0.2, 0) is 4.74 Å². The molecule has 5 heteroatoms. The highest BCUT2D eigenvalue weighted by Gasteiger charge is 2.22. The molecule has 1 rings (SSSR count). The lowest BCUT2D eigenvalue weighted by Gasteiger charge is -2.26. The summed E-state index contributed by atoms with van der Waals surface area (Å²) in [5, 5.41) is 18.7. The Bertz CT molecular complexity index is 437. The smallest absolute Gasteiger partial charge is 0.414 e. The lowest BCUT2D eigenvalue weighted by molar-refractivity contribution is 0.0582. The molecular weight excluding hydrogens is 234 g/mol. The van der Waals surface area contributed by atoms with Gasteiger partial charge < -0.3 is 14.9 Å². The maximum Gasteiger partial charge on any atom is 0.414 e. The molecule has 0 spiro atoms. The summed E-state index contributed by atoms with van der Waals surface area (Å²) in [6.45, 7) is 7.56. The van der Waals surface area contributed by atoms with Crippen molar-refractivity contribution in [2.24, 2.45) is 0 Å². The van der Waals surface area contributed by atoms with Gasteiger partial charge in [-0.2, -0.15) is 0 Å². The highest BCUT2D eigenvalue weighted by Crippen LogP contribution is 2.30. The van der Waals surface area contributed by atoms with E-state index in [-0.39, 0.29) is 11.5 Å². The molecule has 5 nitrogen and oxygen atoms in total. The molecule has 1 aromatic rings. The van der Waals surface area contributed by atoms with E-state index in [1.54, 1.807) is 33.8 Å². The quantitative estimate of drug-likeness (QED) is 0.795. The molecule has 0 unspecified atom stereocenters. The van der Waals surface area contributed by atoms with Crippen LogP contribution in [0.1, 0.15) is 27.7 Å². The van der Waals surface area contributed by atoms with Gasteiger partial charge in [-0.1, -0.05) is 0 Å². The molecule has 0 atom stereocenters. The molecular formula is C13H19NO4. The van der Waals surface area contributed by atoms with Gasteiger partial charge in [0.05, 0.1) is 5.69 Å². The molecule has 1 aromatic carbocycles. The summed E-state index contributed by atoms with van der Waals surface area (Å²) >= 11 is 0. The summed E-state index contributed by atoms with van der Waals surface area (Å²) in [6.07, 6.45) is -0.491. The number of phenols is 2. The van der Waals surface area contributed by atoms with E-state index >= 15 is 0 Å². The van der Waals surface area contributed by atoms with E-state index in [0.717, 1.165) is 0 Å². The molecule has 100 valence electrons. The van der Waals surface area contributed by atoms with Gasteiger partial charge in [0.2, 0.25) is 0 Å². The molecule has 0 saturated heterocycles. The number of amides is 1. The van der Waals surface area contributed by atoms with Crippen molar-refractivity contribution in [1.82, 2.24) is 0 Å². The topological polar surface area (TPSA) is 70.0 Å². The number of hydrogen-bond acceptors (Lipinski definition) is 4. The fourth-order valence-electron chi connectivity index (χ4n) is 1.41. The predicted molar refractivity (Wildman–Crippen MR) is 69.0 cm³/mol. The van der Waals surface area contributed by atoms with Crippen LogP contribution in [0, 0.1) is 0 Å². The van der Waals surface area contributed by atoms with Gasteiger partial charge in [0, 0.05) is 12.6 Å². The normalized spacial score (nSPS) is 11.1. The molecule has 0 saturated carbocycles. The summed E-state index contributed by atoms with van der Waals surface area (Å²) in [4.78, 5) is 13.3. The predicted octanol–water partition coefficient (Wildman–Crippen LogP) is 2.86. The Morgan fingerprint density at radius 3 is 2.33 bits per heavy atom. The lowest BCUT2D eigenvalue weighted by atomic mass is 10.2. The average Bonchev–Trinajstić information content (AvgIpc) is 2.21. The van der Waals surface area contributed by atoms with Crippen molar-refractivity contribution < 1.29 is 19.7 Å². The van der Waals surface area contributed by atoms with Gasteiger partial charge in [-0.25, -0.2) is 4.79 Å². The second-order valence-electron chi connectivity index (χ2n) is 4.90. The minimum atomic E-state index is -0.580. The van der Waals surface area contributed by atoms with Crippen LogP contribution in [0.15, 0.2) is 18.2 Å². The Labute approximate surface area is 107 Å². The van der Waals surface area contributed by atoms with Crippen molar-refractivity contribution in [2.45, 2.75) is 33.3 Å². The van der Waals surface area contributed by atoms with Gasteiger partial charge in [0.1, 0.15) is 5.60 Å². The minimum absolute atomic E-state index is 0.223. The van der Waals surface area contributed by atoms with E-state index in [2.05, 4.69) is 0 Å². The zero-order chi connectivity index (χ0) is 13.9. The third-order valence-corrected chi connectivity index (χ3v) is 2.20. The molecule has 0 radical (unpaired) electrons. The van der Waals surface area contributed by atoms with E-state index in [4.69, 9.17) is 4.74 Å². The second-order valence-corrected chi connectivity index (χ2v) is 4.90. The van der Waals surface area contributed by atoms with Crippen LogP contribution in [0.4, 0.5) is 10.5 Å². The number of ether oxygens (including phenoxy) is 1. The number of aromatic hydroxyl groups is 2. The zero-order valence-corrected chi connectivity index (χ0v) is 11.1. The van der Waals surface area contributed by atoms with E-state index in [9.17, 15) is 15.0 Å².